The molecule has 0 spiro atoms. The molecule has 41 heavy (non-hydrogen) atoms. The van der Waals surface area contributed by atoms with Crippen LogP contribution in [0.3, 0.4) is 0 Å². The van der Waals surface area contributed by atoms with E-state index < -0.39 is 29.7 Å². The summed E-state index contributed by atoms with van der Waals surface area (Å²) in [6, 6.07) is 17.0. The van der Waals surface area contributed by atoms with Crippen LogP contribution in [0.1, 0.15) is 81.6 Å². The highest BCUT2D eigenvalue weighted by atomic mass is 19.4. The smallest absolute Gasteiger partial charge is 0.416 e. The Balaban J connectivity index is 1.49. The van der Waals surface area contributed by atoms with E-state index in [0.717, 1.165) is 48.0 Å². The highest BCUT2D eigenvalue weighted by Gasteiger charge is 2.30. The maximum absolute atomic E-state index is 13.7. The summed E-state index contributed by atoms with van der Waals surface area (Å²) in [5.74, 6) is -0.843. The van der Waals surface area contributed by atoms with Gasteiger partial charge in [0.05, 0.1) is 29.8 Å². The molecule has 2 heterocycles. The number of hydrogen-bond donors (Lipinski definition) is 1. The van der Waals surface area contributed by atoms with Gasteiger partial charge >= 0.3 is 12.1 Å². The van der Waals surface area contributed by atoms with Crippen molar-refractivity contribution in [3.8, 4) is 0 Å². The van der Waals surface area contributed by atoms with Crippen LogP contribution in [0.4, 0.5) is 13.2 Å². The van der Waals surface area contributed by atoms with Gasteiger partial charge in [0, 0.05) is 12.0 Å². The fourth-order valence-corrected chi connectivity index (χ4v) is 5.11. The van der Waals surface area contributed by atoms with E-state index in [4.69, 9.17) is 14.6 Å². The summed E-state index contributed by atoms with van der Waals surface area (Å²) >= 11 is 0. The van der Waals surface area contributed by atoms with E-state index >= 15 is 0 Å². The Hall–Kier alpha value is -4.18. The Morgan fingerprint density at radius 1 is 1.07 bits per heavy atom. The third-order valence-electron chi connectivity index (χ3n) is 7.32. The van der Waals surface area contributed by atoms with E-state index in [-0.39, 0.29) is 11.9 Å². The minimum Gasteiger partial charge on any atom is -0.465 e. The van der Waals surface area contributed by atoms with Crippen molar-refractivity contribution in [3.63, 3.8) is 0 Å². The number of fused-ring (bicyclic) bond motifs is 1. The van der Waals surface area contributed by atoms with E-state index in [1.165, 1.54) is 19.2 Å². The molecule has 0 radical (unpaired) electrons. The van der Waals surface area contributed by atoms with Gasteiger partial charge < -0.3 is 14.8 Å². The first-order valence-corrected chi connectivity index (χ1v) is 13.4. The van der Waals surface area contributed by atoms with Gasteiger partial charge in [-0.05, 0) is 79.6 Å². The van der Waals surface area contributed by atoms with Crippen LogP contribution in [0, 0.1) is 0 Å². The van der Waals surface area contributed by atoms with E-state index in [0.29, 0.717) is 29.5 Å². The van der Waals surface area contributed by atoms with Gasteiger partial charge in [-0.2, -0.15) is 18.3 Å². The van der Waals surface area contributed by atoms with Gasteiger partial charge in [-0.25, -0.2) is 9.48 Å². The zero-order valence-electron chi connectivity index (χ0n) is 22.7. The van der Waals surface area contributed by atoms with Gasteiger partial charge in [0.25, 0.3) is 5.91 Å². The molecule has 1 saturated heterocycles. The van der Waals surface area contributed by atoms with Gasteiger partial charge in [-0.15, -0.1) is 0 Å². The van der Waals surface area contributed by atoms with Crippen molar-refractivity contribution in [1.29, 1.82) is 0 Å². The summed E-state index contributed by atoms with van der Waals surface area (Å²) in [6.07, 6.45) is -1.74. The number of nitrogens with one attached hydrogen (secondary N) is 1. The third-order valence-corrected chi connectivity index (χ3v) is 7.32. The summed E-state index contributed by atoms with van der Waals surface area (Å²) < 4.78 is 51.7. The molecule has 4 aromatic rings. The Morgan fingerprint density at radius 3 is 2.44 bits per heavy atom. The van der Waals surface area contributed by atoms with Crippen molar-refractivity contribution in [1.82, 2.24) is 15.1 Å². The number of halogens is 3. The molecule has 1 aliphatic heterocycles. The quantitative estimate of drug-likeness (QED) is 0.255. The number of alkyl halides is 3. The minimum absolute atomic E-state index is 0.217. The number of carbonyl (C=O) groups is 2. The number of carbonyl (C=O) groups excluding carboxylic acids is 2. The van der Waals surface area contributed by atoms with Crippen LogP contribution in [-0.4, -0.2) is 35.4 Å². The Labute approximate surface area is 235 Å². The highest BCUT2D eigenvalue weighted by Crippen LogP contribution is 2.33. The second-order valence-corrected chi connectivity index (χ2v) is 10.1. The normalized spacial score (nSPS) is 16.4. The first kappa shape index (κ1) is 28.4. The van der Waals surface area contributed by atoms with Gasteiger partial charge in [0.15, 0.2) is 11.9 Å². The highest BCUT2D eigenvalue weighted by molar-refractivity contribution is 6.06. The molecule has 2 unspecified atom stereocenters. The number of amides is 1. The summed E-state index contributed by atoms with van der Waals surface area (Å²) in [5, 5.41) is 8.36. The lowest BCUT2D eigenvalue weighted by Crippen LogP contribution is -2.28. The average Bonchev–Trinajstić information content (AvgIpc) is 3.38. The maximum Gasteiger partial charge on any atom is 0.416 e. The van der Waals surface area contributed by atoms with Gasteiger partial charge in [-0.3, -0.25) is 4.79 Å². The van der Waals surface area contributed by atoms with Crippen molar-refractivity contribution < 1.29 is 32.2 Å². The molecule has 2 atom stereocenters. The number of ether oxygens (including phenoxy) is 2. The molecule has 1 N–H and O–H groups in total. The summed E-state index contributed by atoms with van der Waals surface area (Å²) in [4.78, 5) is 25.5. The van der Waals surface area contributed by atoms with Crippen molar-refractivity contribution in [2.45, 2.75) is 51.1 Å². The summed E-state index contributed by atoms with van der Waals surface area (Å²) in [5.41, 5.74) is 2.86. The molecule has 10 heteroatoms. The fraction of sp³-hybridized carbons (Fsp3) is 0.323. The third kappa shape index (κ3) is 6.12. The molecule has 7 nitrogen and oxygen atoms in total. The van der Waals surface area contributed by atoms with Crippen LogP contribution < -0.4 is 5.32 Å². The number of esters is 1. The minimum atomic E-state index is -4.42. The van der Waals surface area contributed by atoms with Crippen LogP contribution in [0.15, 0.2) is 66.7 Å². The van der Waals surface area contributed by atoms with Crippen molar-refractivity contribution in [3.05, 3.63) is 100 Å². The fourth-order valence-electron chi connectivity index (χ4n) is 5.11. The molecular weight excluding hydrogens is 535 g/mol. The molecule has 0 saturated carbocycles. The Kier molecular flexibility index (Phi) is 8.12. The largest absolute Gasteiger partial charge is 0.465 e. The number of hydrogen-bond acceptors (Lipinski definition) is 5. The van der Waals surface area contributed by atoms with Crippen molar-refractivity contribution in [2.75, 3.05) is 13.7 Å². The van der Waals surface area contributed by atoms with Crippen LogP contribution in [-0.2, 0) is 22.1 Å². The molecule has 1 fully saturated rings. The van der Waals surface area contributed by atoms with Crippen LogP contribution >= 0.6 is 0 Å². The maximum atomic E-state index is 13.7. The molecule has 0 bridgehead atoms. The molecule has 0 aliphatic carbocycles. The monoisotopic (exact) mass is 565 g/mol. The molecule has 3 aromatic carbocycles. The van der Waals surface area contributed by atoms with Gasteiger partial charge in [0.1, 0.15) is 0 Å². The topological polar surface area (TPSA) is 82.5 Å². The number of aromatic nitrogens is 2. The first-order valence-electron chi connectivity index (χ1n) is 13.4. The Bertz CT molecular complexity index is 1540. The van der Waals surface area contributed by atoms with Crippen LogP contribution in [0.5, 0.6) is 0 Å². The number of nitrogens with zero attached hydrogens (tertiary/aromatic N) is 2. The summed E-state index contributed by atoms with van der Waals surface area (Å²) in [7, 11) is 1.31. The lowest BCUT2D eigenvalue weighted by Gasteiger charge is -2.23. The van der Waals surface area contributed by atoms with Crippen molar-refractivity contribution >= 4 is 22.8 Å². The van der Waals surface area contributed by atoms with E-state index in [1.807, 2.05) is 25.1 Å². The van der Waals surface area contributed by atoms with E-state index in [1.54, 1.807) is 28.9 Å². The zero-order valence-corrected chi connectivity index (χ0v) is 22.7. The molecule has 5 rings (SSSR count). The SMILES string of the molecule is COC(=O)c1ccc(C(C)NC(=O)c2nn(C3CCCCO3)c3cccc(Cc4ccc(C(F)(F)F)cc4)c23)cc1. The molecule has 214 valence electrons. The molecular formula is C31H30F3N3O4. The number of methoxy groups -OCH3 is 1. The Morgan fingerprint density at radius 2 is 1.80 bits per heavy atom. The molecule has 1 amide bonds. The van der Waals surface area contributed by atoms with E-state index in [2.05, 4.69) is 5.32 Å². The average molecular weight is 566 g/mol. The standard InChI is InChI=1S/C31H30F3N3O4/c1-19(21-11-13-22(14-12-21)30(39)40-2)35-29(38)28-27-23(18-20-9-15-24(16-10-20)31(32,33)34)6-5-7-25(27)37(36-28)26-8-3-4-17-41-26/h5-7,9-16,19,26H,3-4,8,17-18H2,1-2H3,(H,35,38). The van der Waals surface area contributed by atoms with E-state index in [9.17, 15) is 22.8 Å². The van der Waals surface area contributed by atoms with Crippen LogP contribution in [0.25, 0.3) is 10.9 Å². The number of benzene rings is 3. The lowest BCUT2D eigenvalue weighted by molar-refractivity contribution is -0.137. The van der Waals surface area contributed by atoms with Gasteiger partial charge in [-0.1, -0.05) is 36.4 Å². The van der Waals surface area contributed by atoms with Crippen LogP contribution in [0.2, 0.25) is 0 Å². The van der Waals surface area contributed by atoms with Crippen molar-refractivity contribution in [2.24, 2.45) is 0 Å². The molecule has 1 aliphatic rings. The number of rotatable bonds is 7. The molecule has 1 aromatic heterocycles. The first-order chi connectivity index (χ1) is 19.7. The second-order valence-electron chi connectivity index (χ2n) is 10.1. The predicted molar refractivity (Wildman–Crippen MR) is 146 cm³/mol. The summed E-state index contributed by atoms with van der Waals surface area (Å²) in [6.45, 7) is 2.43. The predicted octanol–water partition coefficient (Wildman–Crippen LogP) is 6.62. The lowest BCUT2D eigenvalue weighted by atomic mass is 9.98. The second kappa shape index (κ2) is 11.7. The zero-order chi connectivity index (χ0) is 29.1. The van der Waals surface area contributed by atoms with Gasteiger partial charge in [0.2, 0.25) is 0 Å².